The SMILES string of the molecule is Cn1nc(C(C)(C)NC=O)c2ccc(F)cc21. The van der Waals surface area contributed by atoms with Gasteiger partial charge in [-0.15, -0.1) is 0 Å². The van der Waals surface area contributed by atoms with Crippen molar-refractivity contribution in [2.24, 2.45) is 7.05 Å². The van der Waals surface area contributed by atoms with Crippen molar-refractivity contribution in [2.75, 3.05) is 0 Å². The smallest absolute Gasteiger partial charge is 0.207 e. The maximum absolute atomic E-state index is 13.2. The lowest BCUT2D eigenvalue weighted by molar-refractivity contribution is -0.111. The molecule has 1 aromatic heterocycles. The molecule has 2 aromatic rings. The van der Waals surface area contributed by atoms with E-state index in [2.05, 4.69) is 10.4 Å². The summed E-state index contributed by atoms with van der Waals surface area (Å²) in [5.41, 5.74) is 0.849. The Balaban J connectivity index is 2.67. The number of hydrogen-bond donors (Lipinski definition) is 1. The van der Waals surface area contributed by atoms with E-state index >= 15 is 0 Å². The van der Waals surface area contributed by atoms with Gasteiger partial charge < -0.3 is 5.32 Å². The number of fused-ring (bicyclic) bond motifs is 1. The largest absolute Gasteiger partial charge is 0.348 e. The first kappa shape index (κ1) is 11.6. The van der Waals surface area contributed by atoms with Crippen molar-refractivity contribution in [2.45, 2.75) is 19.4 Å². The second kappa shape index (κ2) is 3.84. The summed E-state index contributed by atoms with van der Waals surface area (Å²) in [6, 6.07) is 4.51. The molecule has 0 fully saturated rings. The quantitative estimate of drug-likeness (QED) is 0.823. The van der Waals surface area contributed by atoms with Crippen molar-refractivity contribution >= 4 is 17.3 Å². The number of rotatable bonds is 3. The number of nitrogens with one attached hydrogen (secondary N) is 1. The average Bonchev–Trinajstić information content (AvgIpc) is 2.57. The monoisotopic (exact) mass is 235 g/mol. The molecule has 90 valence electrons. The van der Waals surface area contributed by atoms with Crippen LogP contribution in [0, 0.1) is 5.82 Å². The highest BCUT2D eigenvalue weighted by Gasteiger charge is 2.26. The van der Waals surface area contributed by atoms with Gasteiger partial charge in [0.25, 0.3) is 0 Å². The van der Waals surface area contributed by atoms with E-state index in [1.54, 1.807) is 17.8 Å². The maximum atomic E-state index is 13.2. The summed E-state index contributed by atoms with van der Waals surface area (Å²) in [5, 5.41) is 7.90. The van der Waals surface area contributed by atoms with Gasteiger partial charge in [0.1, 0.15) is 5.82 Å². The van der Waals surface area contributed by atoms with Gasteiger partial charge >= 0.3 is 0 Å². The summed E-state index contributed by atoms with van der Waals surface area (Å²) in [6.45, 7) is 3.71. The number of amides is 1. The molecule has 17 heavy (non-hydrogen) atoms. The van der Waals surface area contributed by atoms with Crippen LogP contribution in [0.4, 0.5) is 4.39 Å². The molecule has 2 rings (SSSR count). The van der Waals surface area contributed by atoms with Gasteiger partial charge in [0, 0.05) is 12.4 Å². The van der Waals surface area contributed by atoms with Gasteiger partial charge in [-0.05, 0) is 32.0 Å². The van der Waals surface area contributed by atoms with Gasteiger partial charge in [0.2, 0.25) is 6.41 Å². The molecule has 1 amide bonds. The summed E-state index contributed by atoms with van der Waals surface area (Å²) >= 11 is 0. The van der Waals surface area contributed by atoms with Crippen molar-refractivity contribution in [3.8, 4) is 0 Å². The Morgan fingerprint density at radius 3 is 2.82 bits per heavy atom. The normalized spacial score (nSPS) is 11.8. The molecule has 0 aliphatic rings. The summed E-state index contributed by atoms with van der Waals surface area (Å²) < 4.78 is 14.8. The minimum absolute atomic E-state index is 0.298. The van der Waals surface area contributed by atoms with E-state index in [9.17, 15) is 9.18 Å². The van der Waals surface area contributed by atoms with E-state index in [1.807, 2.05) is 13.8 Å². The van der Waals surface area contributed by atoms with E-state index in [0.717, 1.165) is 11.1 Å². The molecular weight excluding hydrogens is 221 g/mol. The van der Waals surface area contributed by atoms with Gasteiger partial charge in [0.05, 0.1) is 16.7 Å². The van der Waals surface area contributed by atoms with E-state index < -0.39 is 5.54 Å². The first-order valence-electron chi connectivity index (χ1n) is 5.30. The Bertz CT molecular complexity index is 574. The summed E-state index contributed by atoms with van der Waals surface area (Å²) in [6.07, 6.45) is 0.643. The van der Waals surface area contributed by atoms with Gasteiger partial charge in [-0.25, -0.2) is 4.39 Å². The van der Waals surface area contributed by atoms with Gasteiger partial charge in [-0.1, -0.05) is 0 Å². The number of hydrogen-bond acceptors (Lipinski definition) is 2. The molecule has 5 heteroatoms. The van der Waals surface area contributed by atoms with Crippen molar-refractivity contribution in [3.05, 3.63) is 29.7 Å². The first-order chi connectivity index (χ1) is 7.95. The van der Waals surface area contributed by atoms with Crippen LogP contribution in [0.3, 0.4) is 0 Å². The van der Waals surface area contributed by atoms with Crippen LogP contribution in [0.2, 0.25) is 0 Å². The summed E-state index contributed by atoms with van der Waals surface area (Å²) in [7, 11) is 1.75. The molecular formula is C12H14FN3O. The molecule has 1 aromatic carbocycles. The molecule has 1 N–H and O–H groups in total. The molecule has 1 heterocycles. The lowest BCUT2D eigenvalue weighted by Gasteiger charge is -2.21. The van der Waals surface area contributed by atoms with Crippen LogP contribution >= 0.6 is 0 Å². The molecule has 0 spiro atoms. The van der Waals surface area contributed by atoms with Crippen molar-refractivity contribution in [3.63, 3.8) is 0 Å². The Morgan fingerprint density at radius 2 is 2.18 bits per heavy atom. The molecule has 0 unspecified atom stereocenters. The highest BCUT2D eigenvalue weighted by atomic mass is 19.1. The van der Waals surface area contributed by atoms with E-state index in [4.69, 9.17) is 0 Å². The molecule has 0 atom stereocenters. The molecule has 4 nitrogen and oxygen atoms in total. The predicted octanol–water partition coefficient (Wildman–Crippen LogP) is 1.69. The number of nitrogens with zero attached hydrogens (tertiary/aromatic N) is 2. The fourth-order valence-electron chi connectivity index (χ4n) is 1.91. The molecule has 0 radical (unpaired) electrons. The van der Waals surface area contributed by atoms with E-state index in [1.165, 1.54) is 12.1 Å². The number of aromatic nitrogens is 2. The molecule has 0 saturated carbocycles. The second-order valence-corrected chi connectivity index (χ2v) is 4.52. The van der Waals surface area contributed by atoms with Crippen LogP contribution in [0.1, 0.15) is 19.5 Å². The first-order valence-corrected chi connectivity index (χ1v) is 5.30. The van der Waals surface area contributed by atoms with Gasteiger partial charge in [0.15, 0.2) is 0 Å². The fraction of sp³-hybridized carbons (Fsp3) is 0.333. The zero-order valence-electron chi connectivity index (χ0n) is 9.99. The zero-order chi connectivity index (χ0) is 12.6. The highest BCUT2D eigenvalue weighted by molar-refractivity contribution is 5.83. The lowest BCUT2D eigenvalue weighted by atomic mass is 9.98. The fourth-order valence-corrected chi connectivity index (χ4v) is 1.91. The van der Waals surface area contributed by atoms with Gasteiger partial charge in [-0.2, -0.15) is 5.10 Å². The molecule has 0 bridgehead atoms. The number of halogens is 1. The Labute approximate surface area is 98.4 Å². The van der Waals surface area contributed by atoms with Crippen LogP contribution in [0.5, 0.6) is 0 Å². The number of benzene rings is 1. The molecule has 0 aliphatic carbocycles. The van der Waals surface area contributed by atoms with Crippen LogP contribution in [-0.4, -0.2) is 16.2 Å². The minimum atomic E-state index is -0.584. The third-order valence-corrected chi connectivity index (χ3v) is 2.83. The number of aryl methyl sites for hydroxylation is 1. The standard InChI is InChI=1S/C12H14FN3O/c1-12(2,14-7-17)11-9-5-4-8(13)6-10(9)16(3)15-11/h4-7H,1-3H3,(H,14,17). The number of carbonyl (C=O) groups is 1. The van der Waals surface area contributed by atoms with E-state index in [0.29, 0.717) is 11.9 Å². The molecule has 0 saturated heterocycles. The van der Waals surface area contributed by atoms with Crippen LogP contribution < -0.4 is 5.32 Å². The Hall–Kier alpha value is -1.91. The van der Waals surface area contributed by atoms with Crippen molar-refractivity contribution < 1.29 is 9.18 Å². The van der Waals surface area contributed by atoms with Crippen LogP contribution in [0.15, 0.2) is 18.2 Å². The van der Waals surface area contributed by atoms with Crippen molar-refractivity contribution in [1.82, 2.24) is 15.1 Å². The van der Waals surface area contributed by atoms with Crippen LogP contribution in [0.25, 0.3) is 10.9 Å². The maximum Gasteiger partial charge on any atom is 0.207 e. The second-order valence-electron chi connectivity index (χ2n) is 4.52. The van der Waals surface area contributed by atoms with Crippen LogP contribution in [-0.2, 0) is 17.4 Å². The van der Waals surface area contributed by atoms with Gasteiger partial charge in [-0.3, -0.25) is 9.48 Å². The predicted molar refractivity (Wildman–Crippen MR) is 62.9 cm³/mol. The van der Waals surface area contributed by atoms with Crippen molar-refractivity contribution in [1.29, 1.82) is 0 Å². The Kier molecular flexibility index (Phi) is 2.61. The third kappa shape index (κ3) is 1.88. The van der Waals surface area contributed by atoms with E-state index in [-0.39, 0.29) is 5.82 Å². The average molecular weight is 235 g/mol. The third-order valence-electron chi connectivity index (χ3n) is 2.83. The Morgan fingerprint density at radius 1 is 1.47 bits per heavy atom. The summed E-state index contributed by atoms with van der Waals surface area (Å²) in [4.78, 5) is 10.6. The summed E-state index contributed by atoms with van der Waals surface area (Å²) in [5.74, 6) is -0.298. The minimum Gasteiger partial charge on any atom is -0.348 e. The topological polar surface area (TPSA) is 46.9 Å². The number of carbonyl (C=O) groups excluding carboxylic acids is 1. The lowest BCUT2D eigenvalue weighted by Crippen LogP contribution is -2.36. The molecule has 0 aliphatic heterocycles. The highest BCUT2D eigenvalue weighted by Crippen LogP contribution is 2.27. The zero-order valence-corrected chi connectivity index (χ0v) is 9.99.